The summed E-state index contributed by atoms with van der Waals surface area (Å²) in [6.45, 7) is 14.2. The second-order valence-corrected chi connectivity index (χ2v) is 9.36. The van der Waals surface area contributed by atoms with Crippen molar-refractivity contribution in [3.8, 4) is 11.5 Å². The monoisotopic (exact) mass is 491 g/mol. The molecule has 0 radical (unpaired) electrons. The number of benzene rings is 3. The van der Waals surface area contributed by atoms with E-state index in [1.54, 1.807) is 30.3 Å². The van der Waals surface area contributed by atoms with E-state index in [0.717, 1.165) is 11.1 Å². The van der Waals surface area contributed by atoms with Crippen molar-refractivity contribution < 1.29 is 24.2 Å². The average molecular weight is 492 g/mol. The molecule has 0 saturated heterocycles. The van der Waals surface area contributed by atoms with Gasteiger partial charge in [0.15, 0.2) is 11.5 Å². The highest BCUT2D eigenvalue weighted by atomic mass is 16.6. The molecule has 0 saturated carbocycles. The summed E-state index contributed by atoms with van der Waals surface area (Å²) in [5.41, 5.74) is 3.12. The van der Waals surface area contributed by atoms with Crippen LogP contribution in [0.4, 0.5) is 0 Å². The predicted molar refractivity (Wildman–Crippen MR) is 143 cm³/mol. The second kappa shape index (κ2) is 13.0. The summed E-state index contributed by atoms with van der Waals surface area (Å²) < 4.78 is 11.2. The summed E-state index contributed by atoms with van der Waals surface area (Å²) in [5.74, 6) is -1.02. The molecule has 0 spiro atoms. The Morgan fingerprint density at radius 3 is 1.67 bits per heavy atom. The fourth-order valence-corrected chi connectivity index (χ4v) is 3.11. The molecule has 0 amide bonds. The van der Waals surface area contributed by atoms with Gasteiger partial charge >= 0.3 is 11.9 Å². The molecule has 1 atom stereocenters. The first kappa shape index (κ1) is 28.8. The van der Waals surface area contributed by atoms with Gasteiger partial charge in [-0.2, -0.15) is 0 Å². The fourth-order valence-electron chi connectivity index (χ4n) is 3.11. The molecule has 3 rings (SSSR count). The van der Waals surface area contributed by atoms with E-state index in [9.17, 15) is 14.7 Å². The predicted octanol–water partition coefficient (Wildman–Crippen LogP) is 6.19. The highest BCUT2D eigenvalue weighted by Gasteiger charge is 2.20. The molecule has 0 bridgehead atoms. The van der Waals surface area contributed by atoms with Crippen molar-refractivity contribution >= 4 is 11.9 Å². The van der Waals surface area contributed by atoms with Gasteiger partial charge in [0, 0.05) is 12.1 Å². The minimum absolute atomic E-state index is 0.0540. The van der Waals surface area contributed by atoms with E-state index in [0.29, 0.717) is 23.2 Å². The van der Waals surface area contributed by atoms with Crippen LogP contribution in [0.1, 0.15) is 78.1 Å². The Balaban J connectivity index is 0.00000222. The maximum atomic E-state index is 12.8. The Hall–Kier alpha value is -3.48. The summed E-state index contributed by atoms with van der Waals surface area (Å²) in [6, 6.07) is 18.6. The highest BCUT2D eigenvalue weighted by Crippen LogP contribution is 2.32. The number of carbonyl (C=O) groups is 2. The van der Waals surface area contributed by atoms with Gasteiger partial charge in [-0.3, -0.25) is 0 Å². The maximum absolute atomic E-state index is 12.8. The number of esters is 2. The summed E-state index contributed by atoms with van der Waals surface area (Å²) in [7, 11) is 0. The molecule has 0 aromatic heterocycles. The average Bonchev–Trinajstić information content (AvgIpc) is 2.85. The number of ether oxygens (including phenoxy) is 2. The van der Waals surface area contributed by atoms with Crippen molar-refractivity contribution in [1.82, 2.24) is 5.32 Å². The number of aliphatic hydroxyl groups excluding tert-OH is 1. The van der Waals surface area contributed by atoms with Crippen molar-refractivity contribution in [2.45, 2.75) is 60.1 Å². The van der Waals surface area contributed by atoms with Crippen LogP contribution < -0.4 is 14.8 Å². The highest BCUT2D eigenvalue weighted by molar-refractivity contribution is 5.93. The van der Waals surface area contributed by atoms with Crippen LogP contribution in [0.3, 0.4) is 0 Å². The number of hydrogen-bond donors (Lipinski definition) is 2. The minimum Gasteiger partial charge on any atom is -0.419 e. The van der Waals surface area contributed by atoms with Crippen LogP contribution in [0.15, 0.2) is 66.7 Å². The first-order valence-electron chi connectivity index (χ1n) is 12.2. The Kier molecular flexibility index (Phi) is 10.4. The minimum atomic E-state index is -0.849. The van der Waals surface area contributed by atoms with E-state index in [1.807, 2.05) is 72.7 Å². The molecule has 0 aliphatic heterocycles. The molecule has 3 aromatic carbocycles. The number of hydrogen-bond acceptors (Lipinski definition) is 6. The van der Waals surface area contributed by atoms with Crippen LogP contribution in [0.5, 0.6) is 11.5 Å². The van der Waals surface area contributed by atoms with Gasteiger partial charge in [0.1, 0.15) is 0 Å². The zero-order valence-corrected chi connectivity index (χ0v) is 22.2. The number of carbonyl (C=O) groups excluding carboxylic acids is 2. The molecule has 36 heavy (non-hydrogen) atoms. The fraction of sp³-hybridized carbons (Fsp3) is 0.333. The molecule has 192 valence electrons. The van der Waals surface area contributed by atoms with E-state index in [2.05, 4.69) is 5.32 Å². The van der Waals surface area contributed by atoms with Crippen molar-refractivity contribution in [1.29, 1.82) is 0 Å². The number of β-amino-alcohol motifs (C(OH)–C–C–N with tert-alkyl or cyclic N) is 1. The summed E-state index contributed by atoms with van der Waals surface area (Å²) in [5, 5.41) is 13.9. The summed E-state index contributed by atoms with van der Waals surface area (Å²) >= 11 is 0. The third kappa shape index (κ3) is 8.63. The van der Waals surface area contributed by atoms with Gasteiger partial charge in [0.2, 0.25) is 0 Å². The largest absolute Gasteiger partial charge is 0.419 e. The molecule has 0 aliphatic rings. The van der Waals surface area contributed by atoms with Gasteiger partial charge in [-0.25, -0.2) is 9.59 Å². The van der Waals surface area contributed by atoms with Gasteiger partial charge in [-0.15, -0.1) is 0 Å². The number of nitrogens with one attached hydrogen (secondary N) is 1. The van der Waals surface area contributed by atoms with Gasteiger partial charge in [0.25, 0.3) is 0 Å². The summed E-state index contributed by atoms with van der Waals surface area (Å²) in [6.07, 6.45) is -0.849. The first-order valence-corrected chi connectivity index (χ1v) is 12.2. The first-order chi connectivity index (χ1) is 17.0. The Bertz CT molecular complexity index is 1150. The van der Waals surface area contributed by atoms with Crippen LogP contribution in [0.25, 0.3) is 0 Å². The molecule has 6 nitrogen and oxygen atoms in total. The van der Waals surface area contributed by atoms with Crippen molar-refractivity contribution in [3.63, 3.8) is 0 Å². The van der Waals surface area contributed by atoms with Gasteiger partial charge in [-0.05, 0) is 76.6 Å². The molecule has 3 aromatic rings. The number of rotatable bonds is 7. The van der Waals surface area contributed by atoms with Crippen LogP contribution >= 0.6 is 0 Å². The van der Waals surface area contributed by atoms with Crippen molar-refractivity contribution in [3.05, 3.63) is 94.5 Å². The zero-order valence-electron chi connectivity index (χ0n) is 22.2. The Morgan fingerprint density at radius 2 is 1.22 bits per heavy atom. The number of aryl methyl sites for hydroxylation is 2. The molecule has 1 unspecified atom stereocenters. The van der Waals surface area contributed by atoms with Gasteiger partial charge < -0.3 is 19.9 Å². The van der Waals surface area contributed by atoms with Gasteiger partial charge in [-0.1, -0.05) is 55.3 Å². The van der Waals surface area contributed by atoms with Gasteiger partial charge in [0.05, 0.1) is 17.2 Å². The van der Waals surface area contributed by atoms with Crippen LogP contribution in [0, 0.1) is 13.8 Å². The SMILES string of the molecule is CC.Cc1ccc(C(=O)Oc2ccc(C(O)CNC(C)(C)C)cc2OC(=O)c2ccc(C)cc2)cc1. The van der Waals surface area contributed by atoms with Crippen LogP contribution in [-0.4, -0.2) is 29.1 Å². The van der Waals surface area contributed by atoms with E-state index in [1.165, 1.54) is 12.1 Å². The van der Waals surface area contributed by atoms with Crippen molar-refractivity contribution in [2.75, 3.05) is 6.54 Å². The lowest BCUT2D eigenvalue weighted by atomic mass is 10.1. The molecular formula is C30H37NO5. The van der Waals surface area contributed by atoms with E-state index in [-0.39, 0.29) is 17.0 Å². The van der Waals surface area contributed by atoms with Crippen molar-refractivity contribution in [2.24, 2.45) is 0 Å². The standard InChI is InChI=1S/C28H31NO5.C2H6/c1-18-6-10-20(11-7-18)26(31)33-24-15-14-22(23(30)17-29-28(3,4)5)16-25(24)34-27(32)21-12-8-19(2)9-13-21;1-2/h6-16,23,29-30H,17H2,1-5H3;1-2H3. The summed E-state index contributed by atoms with van der Waals surface area (Å²) in [4.78, 5) is 25.5. The molecule has 0 heterocycles. The smallest absolute Gasteiger partial charge is 0.343 e. The molecular weight excluding hydrogens is 454 g/mol. The normalized spacial score (nSPS) is 11.7. The third-order valence-corrected chi connectivity index (χ3v) is 5.16. The van der Waals surface area contributed by atoms with E-state index < -0.39 is 18.0 Å². The second-order valence-electron chi connectivity index (χ2n) is 9.36. The molecule has 6 heteroatoms. The van der Waals surface area contributed by atoms with Crippen LogP contribution in [-0.2, 0) is 0 Å². The lowest BCUT2D eigenvalue weighted by molar-refractivity contribution is 0.0681. The Morgan fingerprint density at radius 1 is 0.778 bits per heavy atom. The molecule has 2 N–H and O–H groups in total. The number of aliphatic hydroxyl groups is 1. The molecule has 0 aliphatic carbocycles. The molecule has 0 fully saturated rings. The third-order valence-electron chi connectivity index (χ3n) is 5.16. The lowest BCUT2D eigenvalue weighted by Crippen LogP contribution is -2.38. The van der Waals surface area contributed by atoms with Crippen LogP contribution in [0.2, 0.25) is 0 Å². The van der Waals surface area contributed by atoms with E-state index >= 15 is 0 Å². The maximum Gasteiger partial charge on any atom is 0.343 e. The van der Waals surface area contributed by atoms with E-state index in [4.69, 9.17) is 9.47 Å². The zero-order chi connectivity index (χ0) is 26.9. The lowest BCUT2D eigenvalue weighted by Gasteiger charge is -2.23. The Labute approximate surface area is 214 Å². The topological polar surface area (TPSA) is 84.9 Å². The quantitative estimate of drug-likeness (QED) is 0.303.